The molecule has 3 nitrogen and oxygen atoms in total. The van der Waals surface area contributed by atoms with Gasteiger partial charge in [0.05, 0.1) is 0 Å². The molecule has 5 heteroatoms. The van der Waals surface area contributed by atoms with Crippen molar-refractivity contribution < 1.29 is 0 Å². The molecule has 0 radical (unpaired) electrons. The number of nitrogens with one attached hydrogen (secondary N) is 1. The second kappa shape index (κ2) is 6.32. The summed E-state index contributed by atoms with van der Waals surface area (Å²) in [5.74, 6) is 1.48. The van der Waals surface area contributed by atoms with Crippen LogP contribution in [0.1, 0.15) is 45.1 Å². The molecule has 0 bridgehead atoms. The number of aromatic nitrogens is 2. The molecule has 1 N–H and O–H groups in total. The highest BCUT2D eigenvalue weighted by Gasteiger charge is 2.19. The van der Waals surface area contributed by atoms with Crippen molar-refractivity contribution >= 4 is 33.3 Å². The maximum Gasteiger partial charge on any atom is 0.137 e. The van der Waals surface area contributed by atoms with Gasteiger partial charge in [-0.15, -0.1) is 0 Å². The van der Waals surface area contributed by atoms with E-state index >= 15 is 0 Å². The number of rotatable bonds is 3. The molecule has 0 spiro atoms. The Morgan fingerprint density at radius 3 is 2.52 bits per heavy atom. The Bertz CT molecular complexity index is 638. The molecular weight excluding hydrogens is 350 g/mol. The zero-order valence-corrected chi connectivity index (χ0v) is 15.0. The number of hydrogen-bond donors (Lipinski definition) is 1. The number of nitrogens with zero attached hydrogens (tertiary/aromatic N) is 2. The van der Waals surface area contributed by atoms with Gasteiger partial charge in [0.1, 0.15) is 16.8 Å². The van der Waals surface area contributed by atoms with Crippen LogP contribution in [0.15, 0.2) is 34.8 Å². The van der Waals surface area contributed by atoms with Crippen molar-refractivity contribution in [2.75, 3.05) is 5.32 Å². The molecule has 1 atom stereocenters. The molecule has 0 aliphatic heterocycles. The van der Waals surface area contributed by atoms with E-state index in [1.54, 1.807) is 6.07 Å². The monoisotopic (exact) mass is 367 g/mol. The fraction of sp³-hybridized carbons (Fsp3) is 0.375. The normalized spacial score (nSPS) is 13.0. The van der Waals surface area contributed by atoms with Gasteiger partial charge in [-0.1, -0.05) is 60.4 Å². The van der Waals surface area contributed by atoms with Gasteiger partial charge in [0, 0.05) is 22.0 Å². The highest BCUT2D eigenvalue weighted by atomic mass is 79.9. The second-order valence-electron chi connectivity index (χ2n) is 6.07. The Hall–Kier alpha value is -1.13. The van der Waals surface area contributed by atoms with Gasteiger partial charge in [-0.25, -0.2) is 9.97 Å². The third kappa shape index (κ3) is 4.42. The van der Waals surface area contributed by atoms with Gasteiger partial charge in [0.2, 0.25) is 0 Å². The topological polar surface area (TPSA) is 37.8 Å². The van der Waals surface area contributed by atoms with Crippen LogP contribution in [-0.4, -0.2) is 9.97 Å². The SMILES string of the molecule is CC(Nc1cc(Cl)nc(C(C)(C)C)n1)c1cccc(Br)c1. The Balaban J connectivity index is 2.25. The molecule has 1 heterocycles. The first-order valence-corrected chi connectivity index (χ1v) is 8.00. The third-order valence-corrected chi connectivity index (χ3v) is 3.77. The van der Waals surface area contributed by atoms with Gasteiger partial charge in [0.15, 0.2) is 0 Å². The molecule has 2 aromatic rings. The molecule has 0 amide bonds. The van der Waals surface area contributed by atoms with Crippen molar-refractivity contribution in [1.29, 1.82) is 0 Å². The van der Waals surface area contributed by atoms with Crippen LogP contribution >= 0.6 is 27.5 Å². The number of halogens is 2. The minimum atomic E-state index is -0.139. The van der Waals surface area contributed by atoms with Crippen LogP contribution < -0.4 is 5.32 Å². The quantitative estimate of drug-likeness (QED) is 0.741. The Kier molecular flexibility index (Phi) is 4.89. The van der Waals surface area contributed by atoms with Crippen molar-refractivity contribution in [1.82, 2.24) is 9.97 Å². The number of hydrogen-bond acceptors (Lipinski definition) is 3. The standard InChI is InChI=1S/C16H19BrClN3/c1-10(11-6-5-7-12(17)8-11)19-14-9-13(18)20-15(21-14)16(2,3)4/h5-10H,1-4H3,(H,19,20,21). The summed E-state index contributed by atoms with van der Waals surface area (Å²) in [5, 5.41) is 3.84. The van der Waals surface area contributed by atoms with Crippen LogP contribution in [0.3, 0.4) is 0 Å². The maximum absolute atomic E-state index is 6.11. The predicted octanol–water partition coefficient (Wildman–Crippen LogP) is 5.36. The summed E-state index contributed by atoms with van der Waals surface area (Å²) in [7, 11) is 0. The van der Waals surface area contributed by atoms with Crippen molar-refractivity contribution in [3.63, 3.8) is 0 Å². The number of benzene rings is 1. The first-order chi connectivity index (χ1) is 9.75. The summed E-state index contributed by atoms with van der Waals surface area (Å²) in [5.41, 5.74) is 1.04. The van der Waals surface area contributed by atoms with Crippen LogP contribution in [0.2, 0.25) is 5.15 Å². The lowest BCUT2D eigenvalue weighted by atomic mass is 9.96. The summed E-state index contributed by atoms with van der Waals surface area (Å²) >= 11 is 9.60. The highest BCUT2D eigenvalue weighted by Crippen LogP contribution is 2.25. The van der Waals surface area contributed by atoms with Crippen LogP contribution in [0.4, 0.5) is 5.82 Å². The maximum atomic E-state index is 6.11. The average molecular weight is 369 g/mol. The summed E-state index contributed by atoms with van der Waals surface area (Å²) in [6, 6.07) is 10.1. The molecule has 1 aromatic heterocycles. The Morgan fingerprint density at radius 2 is 1.90 bits per heavy atom. The summed E-state index contributed by atoms with van der Waals surface area (Å²) in [4.78, 5) is 8.88. The molecule has 0 aliphatic rings. The number of anilines is 1. The van der Waals surface area contributed by atoms with E-state index in [0.717, 1.165) is 16.1 Å². The fourth-order valence-electron chi connectivity index (χ4n) is 1.91. The van der Waals surface area contributed by atoms with Gasteiger partial charge >= 0.3 is 0 Å². The smallest absolute Gasteiger partial charge is 0.137 e. The van der Waals surface area contributed by atoms with Crippen molar-refractivity contribution in [2.45, 2.75) is 39.2 Å². The highest BCUT2D eigenvalue weighted by molar-refractivity contribution is 9.10. The lowest BCUT2D eigenvalue weighted by molar-refractivity contribution is 0.545. The zero-order chi connectivity index (χ0) is 15.6. The molecule has 0 fully saturated rings. The lowest BCUT2D eigenvalue weighted by Gasteiger charge is -2.20. The average Bonchev–Trinajstić information content (AvgIpc) is 2.37. The first kappa shape index (κ1) is 16.2. The van der Waals surface area contributed by atoms with Gasteiger partial charge in [-0.3, -0.25) is 0 Å². The van der Waals surface area contributed by atoms with Gasteiger partial charge in [-0.2, -0.15) is 0 Å². The fourth-order valence-corrected chi connectivity index (χ4v) is 2.51. The van der Waals surface area contributed by atoms with E-state index in [-0.39, 0.29) is 11.5 Å². The summed E-state index contributed by atoms with van der Waals surface area (Å²) in [6.07, 6.45) is 0. The molecule has 1 aromatic carbocycles. The molecule has 21 heavy (non-hydrogen) atoms. The third-order valence-electron chi connectivity index (χ3n) is 3.08. The Morgan fingerprint density at radius 1 is 1.19 bits per heavy atom. The van der Waals surface area contributed by atoms with E-state index < -0.39 is 0 Å². The van der Waals surface area contributed by atoms with E-state index in [4.69, 9.17) is 11.6 Å². The van der Waals surface area contributed by atoms with Gasteiger partial charge in [0.25, 0.3) is 0 Å². The van der Waals surface area contributed by atoms with Crippen molar-refractivity contribution in [3.05, 3.63) is 51.3 Å². The van der Waals surface area contributed by atoms with Crippen molar-refractivity contribution in [2.24, 2.45) is 0 Å². The lowest BCUT2D eigenvalue weighted by Crippen LogP contribution is -2.18. The Labute approximate surface area is 139 Å². The van der Waals surface area contributed by atoms with Gasteiger partial charge in [-0.05, 0) is 24.6 Å². The minimum absolute atomic E-state index is 0.126. The molecule has 1 unspecified atom stereocenters. The molecule has 2 rings (SSSR count). The molecule has 0 aliphatic carbocycles. The van der Waals surface area contributed by atoms with E-state index in [2.05, 4.69) is 71.0 Å². The van der Waals surface area contributed by atoms with E-state index in [9.17, 15) is 0 Å². The summed E-state index contributed by atoms with van der Waals surface area (Å²) < 4.78 is 1.06. The minimum Gasteiger partial charge on any atom is -0.363 e. The second-order valence-corrected chi connectivity index (χ2v) is 7.37. The van der Waals surface area contributed by atoms with Crippen LogP contribution in [0.5, 0.6) is 0 Å². The van der Waals surface area contributed by atoms with E-state index in [0.29, 0.717) is 5.15 Å². The van der Waals surface area contributed by atoms with Crippen molar-refractivity contribution in [3.8, 4) is 0 Å². The van der Waals surface area contributed by atoms with E-state index in [1.807, 2.05) is 12.1 Å². The predicted molar refractivity (Wildman–Crippen MR) is 91.9 cm³/mol. The molecule has 0 saturated carbocycles. The molecule has 0 saturated heterocycles. The van der Waals surface area contributed by atoms with Crippen LogP contribution in [-0.2, 0) is 5.41 Å². The van der Waals surface area contributed by atoms with Crippen LogP contribution in [0, 0.1) is 0 Å². The van der Waals surface area contributed by atoms with Crippen LogP contribution in [0.25, 0.3) is 0 Å². The molecular formula is C16H19BrClN3. The summed E-state index contributed by atoms with van der Waals surface area (Å²) in [6.45, 7) is 8.30. The van der Waals surface area contributed by atoms with E-state index in [1.165, 1.54) is 5.56 Å². The van der Waals surface area contributed by atoms with Gasteiger partial charge < -0.3 is 5.32 Å². The largest absolute Gasteiger partial charge is 0.363 e. The first-order valence-electron chi connectivity index (χ1n) is 6.83. The molecule has 112 valence electrons. The zero-order valence-electron chi connectivity index (χ0n) is 12.6.